The van der Waals surface area contributed by atoms with Crippen molar-refractivity contribution in [1.29, 1.82) is 0 Å². The van der Waals surface area contributed by atoms with Crippen molar-refractivity contribution in [2.75, 3.05) is 0 Å². The van der Waals surface area contributed by atoms with E-state index < -0.39 is 16.6 Å². The fraction of sp³-hybridized carbons (Fsp3) is 0.412. The van der Waals surface area contributed by atoms with Crippen LogP contribution in [-0.2, 0) is 16.6 Å². The summed E-state index contributed by atoms with van der Waals surface area (Å²) >= 11 is 3.60. The van der Waals surface area contributed by atoms with Gasteiger partial charge in [-0.25, -0.2) is 4.98 Å². The molecule has 7 rings (SSSR count). The van der Waals surface area contributed by atoms with Gasteiger partial charge in [0.25, 0.3) is 5.91 Å². The molecule has 0 saturated heterocycles. The van der Waals surface area contributed by atoms with Crippen LogP contribution in [0.3, 0.4) is 0 Å². The monoisotopic (exact) mass is 628 g/mol. The van der Waals surface area contributed by atoms with Crippen molar-refractivity contribution in [3.63, 3.8) is 0 Å². The highest BCUT2D eigenvalue weighted by molar-refractivity contribution is 9.10. The third-order valence-corrected chi connectivity index (χ3v) is 9.64. The third kappa shape index (κ3) is 5.04. The Balaban J connectivity index is 1.42. The van der Waals surface area contributed by atoms with E-state index in [1.54, 1.807) is 4.68 Å². The maximum Gasteiger partial charge on any atom is 0.312 e. The van der Waals surface area contributed by atoms with Crippen molar-refractivity contribution < 1.29 is 14.3 Å². The van der Waals surface area contributed by atoms with Gasteiger partial charge in [0.15, 0.2) is 0 Å². The third-order valence-electron chi connectivity index (χ3n) is 9.15. The van der Waals surface area contributed by atoms with Crippen molar-refractivity contribution in [3.05, 3.63) is 82.1 Å². The average Bonchev–Trinajstić information content (AvgIpc) is 3.38. The van der Waals surface area contributed by atoms with Gasteiger partial charge in [0, 0.05) is 40.1 Å². The number of ether oxygens (including phenoxy) is 1. The molecule has 2 bridgehead atoms. The summed E-state index contributed by atoms with van der Waals surface area (Å²) in [7, 11) is 1.90. The molecule has 3 saturated carbocycles. The molecular weight excluding hydrogens is 592 g/mol. The van der Waals surface area contributed by atoms with E-state index in [-0.39, 0.29) is 17.8 Å². The quantitative estimate of drug-likeness (QED) is 0.235. The Kier molecular flexibility index (Phi) is 7.03. The molecule has 1 atom stereocenters. The maximum absolute atomic E-state index is 14.5. The molecule has 1 unspecified atom stereocenters. The molecule has 1 amide bonds. The summed E-state index contributed by atoms with van der Waals surface area (Å²) in [5, 5.41) is 8.82. The number of esters is 1. The van der Waals surface area contributed by atoms with Gasteiger partial charge in [-0.2, -0.15) is 5.10 Å². The first-order chi connectivity index (χ1) is 19.9. The van der Waals surface area contributed by atoms with Crippen LogP contribution in [0.5, 0.6) is 0 Å². The van der Waals surface area contributed by atoms with Gasteiger partial charge in [0.2, 0.25) is 0 Å². The number of nitrogens with zero attached hydrogens (tertiary/aromatic N) is 3. The van der Waals surface area contributed by atoms with E-state index in [9.17, 15) is 9.59 Å². The van der Waals surface area contributed by atoms with E-state index in [4.69, 9.17) is 9.72 Å². The smallest absolute Gasteiger partial charge is 0.312 e. The second kappa shape index (κ2) is 10.3. The van der Waals surface area contributed by atoms with Crippen LogP contribution in [0.4, 0.5) is 0 Å². The van der Waals surface area contributed by atoms with Gasteiger partial charge in [-0.3, -0.25) is 14.3 Å². The Morgan fingerprint density at radius 1 is 1.07 bits per heavy atom. The molecule has 3 fully saturated rings. The Morgan fingerprint density at radius 2 is 1.79 bits per heavy atom. The van der Waals surface area contributed by atoms with Crippen LogP contribution in [0, 0.1) is 12.3 Å². The van der Waals surface area contributed by atoms with Gasteiger partial charge in [0.1, 0.15) is 5.60 Å². The molecule has 4 aromatic rings. The highest BCUT2D eigenvalue weighted by atomic mass is 79.9. The molecule has 3 aliphatic rings. The summed E-state index contributed by atoms with van der Waals surface area (Å²) in [5.74, 6) is -0.313. The van der Waals surface area contributed by atoms with Crippen molar-refractivity contribution in [1.82, 2.24) is 20.1 Å². The average molecular weight is 630 g/mol. The van der Waals surface area contributed by atoms with Gasteiger partial charge in [-0.15, -0.1) is 0 Å². The van der Waals surface area contributed by atoms with E-state index in [0.717, 1.165) is 37.8 Å². The highest BCUT2D eigenvalue weighted by Crippen LogP contribution is 2.59. The molecular formula is C34H37BrN4O3. The minimum atomic E-state index is -0.565. The summed E-state index contributed by atoms with van der Waals surface area (Å²) in [6.45, 7) is 7.73. The maximum atomic E-state index is 14.5. The van der Waals surface area contributed by atoms with E-state index >= 15 is 0 Å². The number of pyridine rings is 1. The number of amides is 1. The molecule has 3 aliphatic carbocycles. The van der Waals surface area contributed by atoms with E-state index in [1.165, 1.54) is 0 Å². The number of carbonyl (C=O) groups is 2. The second-order valence-electron chi connectivity index (χ2n) is 13.1. The zero-order valence-corrected chi connectivity index (χ0v) is 26.4. The van der Waals surface area contributed by atoms with Crippen molar-refractivity contribution >= 4 is 38.7 Å². The summed E-state index contributed by atoms with van der Waals surface area (Å²) in [6, 6.07) is 15.9. The summed E-state index contributed by atoms with van der Waals surface area (Å²) in [5.41, 5.74) is 3.42. The van der Waals surface area contributed by atoms with Crippen LogP contribution in [0.15, 0.2) is 65.4 Å². The number of halogens is 1. The fourth-order valence-electron chi connectivity index (χ4n) is 7.05. The van der Waals surface area contributed by atoms with E-state index in [1.807, 2.05) is 95.7 Å². The van der Waals surface area contributed by atoms with Crippen LogP contribution < -0.4 is 5.32 Å². The number of carbonyl (C=O) groups excluding carboxylic acids is 2. The summed E-state index contributed by atoms with van der Waals surface area (Å²) in [4.78, 5) is 33.1. The number of hydrogen-bond donors (Lipinski definition) is 1. The predicted molar refractivity (Wildman–Crippen MR) is 167 cm³/mol. The van der Waals surface area contributed by atoms with Crippen molar-refractivity contribution in [2.24, 2.45) is 12.5 Å². The Bertz CT molecular complexity index is 1680. The van der Waals surface area contributed by atoms with E-state index in [0.29, 0.717) is 37.7 Å². The molecule has 8 heteroatoms. The van der Waals surface area contributed by atoms with Gasteiger partial charge in [-0.1, -0.05) is 46.3 Å². The first-order valence-electron chi connectivity index (χ1n) is 14.6. The predicted octanol–water partition coefficient (Wildman–Crippen LogP) is 7.26. The minimum absolute atomic E-state index is 0.0705. The molecule has 7 nitrogen and oxygen atoms in total. The molecule has 42 heavy (non-hydrogen) atoms. The lowest BCUT2D eigenvalue weighted by Gasteiger charge is -2.57. The molecule has 2 aromatic carbocycles. The number of aryl methyl sites for hydroxylation is 1. The van der Waals surface area contributed by atoms with Crippen molar-refractivity contribution in [2.45, 2.75) is 76.9 Å². The normalized spacial score (nSPS) is 23.6. The highest BCUT2D eigenvalue weighted by Gasteiger charge is 2.59. The summed E-state index contributed by atoms with van der Waals surface area (Å²) < 4.78 is 8.62. The van der Waals surface area contributed by atoms with Gasteiger partial charge < -0.3 is 10.1 Å². The molecule has 0 radical (unpaired) electrons. The number of nitrogens with one attached hydrogen (secondary N) is 1. The van der Waals surface area contributed by atoms with Crippen LogP contribution in [0.25, 0.3) is 22.2 Å². The lowest BCUT2D eigenvalue weighted by atomic mass is 9.51. The lowest BCUT2D eigenvalue weighted by molar-refractivity contribution is -0.176. The minimum Gasteiger partial charge on any atom is -0.460 e. The first kappa shape index (κ1) is 28.6. The van der Waals surface area contributed by atoms with Gasteiger partial charge in [-0.05, 0) is 89.1 Å². The second-order valence-corrected chi connectivity index (χ2v) is 14.0. The number of fused-ring (bicyclic) bond motifs is 4. The van der Waals surface area contributed by atoms with Crippen LogP contribution in [0.1, 0.15) is 80.3 Å². The Hall–Kier alpha value is -3.52. The molecule has 218 valence electrons. The fourth-order valence-corrected chi connectivity index (χ4v) is 7.41. The lowest BCUT2D eigenvalue weighted by Crippen LogP contribution is -2.62. The molecule has 0 spiro atoms. The Morgan fingerprint density at radius 3 is 2.43 bits per heavy atom. The molecule has 2 heterocycles. The standard InChI is InChI=1S/C34H37BrN4O3/c1-21-28(25-17-24(35)11-12-27(25)37-29(21)22-9-7-6-8-10-22)30(40)38-34-15-13-33(14-16-34,31(41)42-32(2,3)4)18-26(34)23-19-36-39(5)20-23/h6-12,17,19-20,26H,13-16,18H2,1-5H3,(H,38,40). The van der Waals surface area contributed by atoms with Gasteiger partial charge >= 0.3 is 5.97 Å². The van der Waals surface area contributed by atoms with Crippen molar-refractivity contribution in [3.8, 4) is 11.3 Å². The largest absolute Gasteiger partial charge is 0.460 e. The van der Waals surface area contributed by atoms with Crippen LogP contribution in [0.2, 0.25) is 0 Å². The molecule has 1 N–H and O–H groups in total. The SMILES string of the molecule is Cc1c(-c2ccccc2)nc2ccc(Br)cc2c1C(=O)NC12CCC(C(=O)OC(C)(C)C)(CC1)CC2c1cnn(C)c1. The number of hydrogen-bond acceptors (Lipinski definition) is 5. The zero-order valence-electron chi connectivity index (χ0n) is 24.8. The number of rotatable bonds is 5. The van der Waals surface area contributed by atoms with Gasteiger partial charge in [0.05, 0.1) is 28.4 Å². The molecule has 2 aromatic heterocycles. The topological polar surface area (TPSA) is 86.1 Å². The van der Waals surface area contributed by atoms with Crippen LogP contribution in [-0.4, -0.2) is 37.8 Å². The molecule has 0 aliphatic heterocycles. The zero-order chi connectivity index (χ0) is 29.9. The number of aromatic nitrogens is 3. The van der Waals surface area contributed by atoms with Crippen LogP contribution >= 0.6 is 15.9 Å². The summed E-state index contributed by atoms with van der Waals surface area (Å²) in [6.07, 6.45) is 7.24. The van der Waals surface area contributed by atoms with E-state index in [2.05, 4.69) is 26.3 Å². The number of benzene rings is 2. The first-order valence-corrected chi connectivity index (χ1v) is 15.4. The Labute approximate surface area is 255 Å².